The first-order chi connectivity index (χ1) is 11.4. The summed E-state index contributed by atoms with van der Waals surface area (Å²) in [6.07, 6.45) is 3.33. The van der Waals surface area contributed by atoms with E-state index >= 15 is 0 Å². The summed E-state index contributed by atoms with van der Waals surface area (Å²) in [5.41, 5.74) is 0.537. The Morgan fingerprint density at radius 1 is 1.25 bits per heavy atom. The van der Waals surface area contributed by atoms with E-state index in [2.05, 4.69) is 4.74 Å². The quantitative estimate of drug-likeness (QED) is 0.471. The second-order valence-corrected chi connectivity index (χ2v) is 6.00. The fraction of sp³-hybridized carbons (Fsp3) is 0.500. The molecule has 8 heteroatoms. The summed E-state index contributed by atoms with van der Waals surface area (Å²) in [4.78, 5) is 50.3. The number of esters is 1. The minimum atomic E-state index is -0.861. The van der Waals surface area contributed by atoms with Crippen molar-refractivity contribution in [2.24, 2.45) is 0 Å². The molecule has 8 nitrogen and oxygen atoms in total. The standard InChI is InChI=1S/C16H18N2O6/c1-9-7-11(24-12(9)15(21)23-2)8-17-13(19)14(20)18(16(17)22)10-5-3-4-6-10/h7,10H,3-6,8H2,1-2H3. The third-order valence-electron chi connectivity index (χ3n) is 4.43. The highest BCUT2D eigenvalue weighted by atomic mass is 16.5. The van der Waals surface area contributed by atoms with Crippen LogP contribution in [0.3, 0.4) is 0 Å². The molecule has 4 amide bonds. The molecule has 1 aliphatic heterocycles. The molecule has 0 atom stereocenters. The summed E-state index contributed by atoms with van der Waals surface area (Å²) in [6.45, 7) is 1.47. The monoisotopic (exact) mass is 334 g/mol. The van der Waals surface area contributed by atoms with Crippen LogP contribution in [0.1, 0.15) is 47.6 Å². The molecule has 0 spiro atoms. The molecule has 2 fully saturated rings. The third-order valence-corrected chi connectivity index (χ3v) is 4.43. The van der Waals surface area contributed by atoms with Crippen molar-refractivity contribution in [1.82, 2.24) is 9.80 Å². The summed E-state index contributed by atoms with van der Waals surface area (Å²) in [7, 11) is 1.23. The fourth-order valence-electron chi connectivity index (χ4n) is 3.22. The van der Waals surface area contributed by atoms with E-state index in [1.165, 1.54) is 7.11 Å². The van der Waals surface area contributed by atoms with Gasteiger partial charge in [0, 0.05) is 11.6 Å². The van der Waals surface area contributed by atoms with E-state index in [0.29, 0.717) is 5.56 Å². The molecule has 24 heavy (non-hydrogen) atoms. The van der Waals surface area contributed by atoms with E-state index in [4.69, 9.17) is 4.42 Å². The van der Waals surface area contributed by atoms with Gasteiger partial charge in [0.1, 0.15) is 5.76 Å². The number of imide groups is 2. The molecule has 0 N–H and O–H groups in total. The molecule has 0 bridgehead atoms. The molecule has 1 aliphatic carbocycles. The zero-order chi connectivity index (χ0) is 17.4. The van der Waals surface area contributed by atoms with Crippen LogP contribution in [0.15, 0.2) is 10.5 Å². The van der Waals surface area contributed by atoms with Gasteiger partial charge in [-0.25, -0.2) is 14.5 Å². The molecule has 2 heterocycles. The van der Waals surface area contributed by atoms with Gasteiger partial charge >= 0.3 is 23.8 Å². The number of urea groups is 1. The Morgan fingerprint density at radius 2 is 1.92 bits per heavy atom. The van der Waals surface area contributed by atoms with E-state index in [0.717, 1.165) is 35.5 Å². The van der Waals surface area contributed by atoms with E-state index in [-0.39, 0.29) is 24.1 Å². The van der Waals surface area contributed by atoms with Crippen LogP contribution in [0, 0.1) is 6.92 Å². The van der Waals surface area contributed by atoms with Gasteiger partial charge in [0.25, 0.3) is 0 Å². The van der Waals surface area contributed by atoms with Gasteiger partial charge < -0.3 is 9.15 Å². The second kappa shape index (κ2) is 6.10. The molecule has 128 valence electrons. The lowest BCUT2D eigenvalue weighted by Gasteiger charge is -2.20. The first kappa shape index (κ1) is 16.2. The van der Waals surface area contributed by atoms with E-state index in [1.54, 1.807) is 13.0 Å². The van der Waals surface area contributed by atoms with Gasteiger partial charge in [-0.1, -0.05) is 12.8 Å². The van der Waals surface area contributed by atoms with Crippen LogP contribution in [0.25, 0.3) is 0 Å². The minimum Gasteiger partial charge on any atom is -0.463 e. The molecular formula is C16H18N2O6. The summed E-state index contributed by atoms with van der Waals surface area (Å²) in [5.74, 6) is -2.02. The Kier molecular flexibility index (Phi) is 4.13. The Morgan fingerprint density at radius 3 is 2.54 bits per heavy atom. The number of ether oxygens (including phenoxy) is 1. The lowest BCUT2D eigenvalue weighted by Crippen LogP contribution is -2.39. The van der Waals surface area contributed by atoms with Crippen molar-refractivity contribution < 1.29 is 28.3 Å². The average Bonchev–Trinajstić information content (AvgIpc) is 3.24. The van der Waals surface area contributed by atoms with Crippen molar-refractivity contribution in [3.63, 3.8) is 0 Å². The number of hydrogen-bond donors (Lipinski definition) is 0. The number of rotatable bonds is 4. The molecule has 0 radical (unpaired) electrons. The number of amides is 4. The average molecular weight is 334 g/mol. The summed E-state index contributed by atoms with van der Waals surface area (Å²) in [5, 5.41) is 0. The van der Waals surface area contributed by atoms with Crippen LogP contribution in [-0.4, -0.2) is 46.8 Å². The van der Waals surface area contributed by atoms with Gasteiger partial charge in [0.05, 0.1) is 13.7 Å². The van der Waals surface area contributed by atoms with Gasteiger partial charge in [0.2, 0.25) is 5.76 Å². The van der Waals surface area contributed by atoms with E-state index in [9.17, 15) is 19.2 Å². The Bertz CT molecular complexity index is 716. The molecule has 1 aromatic heterocycles. The Labute approximate surface area is 138 Å². The lowest BCUT2D eigenvalue weighted by atomic mass is 10.2. The first-order valence-corrected chi connectivity index (χ1v) is 7.80. The molecular weight excluding hydrogens is 316 g/mol. The number of hydrogen-bond acceptors (Lipinski definition) is 6. The number of nitrogens with zero attached hydrogens (tertiary/aromatic N) is 2. The van der Waals surface area contributed by atoms with Crippen LogP contribution >= 0.6 is 0 Å². The second-order valence-electron chi connectivity index (χ2n) is 6.00. The largest absolute Gasteiger partial charge is 0.463 e. The molecule has 2 aliphatic rings. The molecule has 1 saturated carbocycles. The maximum Gasteiger partial charge on any atom is 0.374 e. The lowest BCUT2D eigenvalue weighted by molar-refractivity contribution is -0.144. The SMILES string of the molecule is COC(=O)c1oc(CN2C(=O)C(=O)N(C3CCCC3)C2=O)cc1C. The van der Waals surface area contributed by atoms with Crippen LogP contribution in [0.5, 0.6) is 0 Å². The predicted molar refractivity (Wildman–Crippen MR) is 79.8 cm³/mol. The highest BCUT2D eigenvalue weighted by molar-refractivity contribution is 6.44. The highest BCUT2D eigenvalue weighted by Crippen LogP contribution is 2.29. The van der Waals surface area contributed by atoms with Gasteiger partial charge in [-0.05, 0) is 25.8 Å². The topological polar surface area (TPSA) is 97.1 Å². The first-order valence-electron chi connectivity index (χ1n) is 7.80. The van der Waals surface area contributed by atoms with Crippen LogP contribution < -0.4 is 0 Å². The summed E-state index contributed by atoms with van der Waals surface area (Å²) >= 11 is 0. The van der Waals surface area contributed by atoms with Crippen molar-refractivity contribution in [2.45, 2.75) is 45.2 Å². The summed E-state index contributed by atoms with van der Waals surface area (Å²) in [6, 6.07) is 0.726. The van der Waals surface area contributed by atoms with Crippen LogP contribution in [-0.2, 0) is 20.9 Å². The van der Waals surface area contributed by atoms with E-state index < -0.39 is 23.8 Å². The maximum atomic E-state index is 12.5. The number of carbonyl (C=O) groups excluding carboxylic acids is 4. The minimum absolute atomic E-state index is 0.0190. The van der Waals surface area contributed by atoms with Gasteiger partial charge in [-0.3, -0.25) is 14.5 Å². The Hall–Kier alpha value is -2.64. The van der Waals surface area contributed by atoms with Gasteiger partial charge in [-0.15, -0.1) is 0 Å². The molecule has 1 aromatic rings. The normalized spacial score (nSPS) is 18.8. The van der Waals surface area contributed by atoms with Crippen molar-refractivity contribution in [3.8, 4) is 0 Å². The molecule has 0 unspecified atom stereocenters. The smallest absolute Gasteiger partial charge is 0.374 e. The number of carbonyl (C=O) groups is 4. The van der Waals surface area contributed by atoms with E-state index in [1.807, 2.05) is 0 Å². The number of aryl methyl sites for hydroxylation is 1. The number of methoxy groups -OCH3 is 1. The van der Waals surface area contributed by atoms with Gasteiger partial charge in [0.15, 0.2) is 0 Å². The van der Waals surface area contributed by atoms with Crippen molar-refractivity contribution >= 4 is 23.8 Å². The number of furan rings is 1. The van der Waals surface area contributed by atoms with Crippen molar-refractivity contribution in [2.75, 3.05) is 7.11 Å². The van der Waals surface area contributed by atoms with Crippen molar-refractivity contribution in [3.05, 3.63) is 23.2 Å². The van der Waals surface area contributed by atoms with Gasteiger partial charge in [-0.2, -0.15) is 0 Å². The molecule has 3 rings (SSSR count). The fourth-order valence-corrected chi connectivity index (χ4v) is 3.22. The molecule has 1 saturated heterocycles. The predicted octanol–water partition coefficient (Wildman–Crippen LogP) is 1.61. The zero-order valence-corrected chi connectivity index (χ0v) is 13.5. The zero-order valence-electron chi connectivity index (χ0n) is 13.5. The maximum absolute atomic E-state index is 12.5. The van der Waals surface area contributed by atoms with Crippen LogP contribution in [0.2, 0.25) is 0 Å². The van der Waals surface area contributed by atoms with Crippen molar-refractivity contribution in [1.29, 1.82) is 0 Å². The summed E-state index contributed by atoms with van der Waals surface area (Å²) < 4.78 is 9.97. The molecule has 0 aromatic carbocycles. The Balaban J connectivity index is 1.80. The third kappa shape index (κ3) is 2.57. The highest BCUT2D eigenvalue weighted by Gasteiger charge is 2.48. The van der Waals surface area contributed by atoms with Crippen LogP contribution in [0.4, 0.5) is 4.79 Å².